The zero-order chi connectivity index (χ0) is 24.4. The largest absolute Gasteiger partial charge is 0.390 e. The Morgan fingerprint density at radius 2 is 2.00 bits per heavy atom. The minimum absolute atomic E-state index is 0.00749. The van der Waals surface area contributed by atoms with E-state index in [-0.39, 0.29) is 30.5 Å². The average Bonchev–Trinajstić information content (AvgIpc) is 3.09. The fourth-order valence-corrected chi connectivity index (χ4v) is 2.96. The van der Waals surface area contributed by atoms with Gasteiger partial charge in [0, 0.05) is 37.5 Å². The Balaban J connectivity index is 1.83. The highest BCUT2D eigenvalue weighted by atomic mass is 35.5. The zero-order valence-electron chi connectivity index (χ0n) is 19.3. The summed E-state index contributed by atoms with van der Waals surface area (Å²) in [6.07, 6.45) is 4.61. The van der Waals surface area contributed by atoms with E-state index in [1.165, 1.54) is 26.2 Å². The van der Waals surface area contributed by atoms with E-state index in [0.717, 1.165) is 0 Å². The first-order valence-corrected chi connectivity index (χ1v) is 10.9. The Bertz CT molecular complexity index is 1140. The molecule has 3 aromatic heterocycles. The Hall–Kier alpha value is -2.98. The Morgan fingerprint density at radius 3 is 2.67 bits per heavy atom. The summed E-state index contributed by atoms with van der Waals surface area (Å²) < 4.78 is 15.7. The van der Waals surface area contributed by atoms with Crippen molar-refractivity contribution in [2.75, 3.05) is 23.7 Å². The van der Waals surface area contributed by atoms with Gasteiger partial charge in [0.05, 0.1) is 23.0 Å². The molecule has 0 unspecified atom stereocenters. The highest BCUT2D eigenvalue weighted by Crippen LogP contribution is 2.24. The quantitative estimate of drug-likeness (QED) is 0.370. The van der Waals surface area contributed by atoms with E-state index in [1.807, 2.05) is 6.92 Å². The van der Waals surface area contributed by atoms with Gasteiger partial charge in [-0.05, 0) is 33.8 Å². The Morgan fingerprint density at radius 1 is 1.27 bits per heavy atom. The van der Waals surface area contributed by atoms with Crippen LogP contribution in [0.5, 0.6) is 0 Å². The van der Waals surface area contributed by atoms with Crippen LogP contribution < -0.4 is 16.0 Å². The summed E-state index contributed by atoms with van der Waals surface area (Å²) in [6.45, 7) is 8.36. The number of alkyl halides is 1. The summed E-state index contributed by atoms with van der Waals surface area (Å²) in [6, 6.07) is 3.32. The van der Waals surface area contributed by atoms with Crippen LogP contribution in [0.4, 0.5) is 21.7 Å². The number of carbonyl (C=O) groups excluding carboxylic acids is 1. The van der Waals surface area contributed by atoms with Gasteiger partial charge in [0.15, 0.2) is 5.65 Å². The van der Waals surface area contributed by atoms with Crippen LogP contribution in [0, 0.1) is 5.92 Å². The summed E-state index contributed by atoms with van der Waals surface area (Å²) in [5.41, 5.74) is -1.28. The highest BCUT2D eigenvalue weighted by Gasteiger charge is 2.24. The second-order valence-electron chi connectivity index (χ2n) is 9.15. The topological polar surface area (TPSA) is 116 Å². The maximum absolute atomic E-state index is 14.1. The second kappa shape index (κ2) is 9.48. The first-order chi connectivity index (χ1) is 15.3. The lowest BCUT2D eigenvalue weighted by Crippen LogP contribution is -2.39. The number of nitrogens with zero attached hydrogens (tertiary/aromatic N) is 4. The van der Waals surface area contributed by atoms with Crippen LogP contribution in [-0.4, -0.2) is 55.0 Å². The van der Waals surface area contributed by atoms with E-state index < -0.39 is 11.3 Å². The molecular formula is C22H29ClFN7O2. The lowest BCUT2D eigenvalue weighted by Gasteiger charge is -2.26. The number of halogens is 2. The third kappa shape index (κ3) is 6.52. The van der Waals surface area contributed by atoms with E-state index in [4.69, 9.17) is 11.6 Å². The van der Waals surface area contributed by atoms with Crippen molar-refractivity contribution >= 4 is 40.5 Å². The van der Waals surface area contributed by atoms with Crippen LogP contribution in [0.25, 0.3) is 5.65 Å². The molecule has 33 heavy (non-hydrogen) atoms. The molecule has 9 nitrogen and oxygen atoms in total. The standard InChI is InChI=1S/C22H29ClFN7O2/c1-13(22(4,5)33)9-26-20(32)14-10-25-18(8-16(14)27-12-21(2,3)24)29-17-6-7-31-19(30-17)15(23)11-28-31/h6-8,10-11,13,33H,9,12H2,1-5H3,(H,26,32)(H2,25,27,29,30)/t13-/m1/s1. The summed E-state index contributed by atoms with van der Waals surface area (Å²) in [5.74, 6) is 0.330. The number of amides is 1. The predicted molar refractivity (Wildman–Crippen MR) is 127 cm³/mol. The van der Waals surface area contributed by atoms with Crippen molar-refractivity contribution in [3.63, 3.8) is 0 Å². The van der Waals surface area contributed by atoms with Gasteiger partial charge in [0.25, 0.3) is 5.91 Å². The van der Waals surface area contributed by atoms with Gasteiger partial charge in [-0.15, -0.1) is 0 Å². The Labute approximate surface area is 196 Å². The molecular weight excluding hydrogens is 449 g/mol. The molecule has 0 saturated heterocycles. The second-order valence-corrected chi connectivity index (χ2v) is 9.56. The molecule has 0 aliphatic carbocycles. The van der Waals surface area contributed by atoms with Gasteiger partial charge in [0.2, 0.25) is 0 Å². The molecule has 0 radical (unpaired) electrons. The number of hydrogen-bond acceptors (Lipinski definition) is 7. The molecule has 3 heterocycles. The van der Waals surface area contributed by atoms with Gasteiger partial charge in [-0.3, -0.25) is 4.79 Å². The van der Waals surface area contributed by atoms with Gasteiger partial charge in [-0.25, -0.2) is 18.9 Å². The van der Waals surface area contributed by atoms with Crippen LogP contribution in [0.1, 0.15) is 45.0 Å². The maximum atomic E-state index is 14.1. The molecule has 3 aromatic rings. The zero-order valence-corrected chi connectivity index (χ0v) is 20.0. The van der Waals surface area contributed by atoms with Crippen molar-refractivity contribution in [2.24, 2.45) is 5.92 Å². The highest BCUT2D eigenvalue weighted by molar-refractivity contribution is 6.33. The number of nitrogens with one attached hydrogen (secondary N) is 3. The van der Waals surface area contributed by atoms with Crippen LogP contribution in [-0.2, 0) is 0 Å². The summed E-state index contributed by atoms with van der Waals surface area (Å²) in [4.78, 5) is 21.5. The molecule has 1 amide bonds. The molecule has 1 atom stereocenters. The third-order valence-electron chi connectivity index (χ3n) is 5.20. The molecule has 0 aliphatic heterocycles. The van der Waals surface area contributed by atoms with Crippen molar-refractivity contribution in [3.05, 3.63) is 41.3 Å². The number of carbonyl (C=O) groups is 1. The Kier molecular flexibility index (Phi) is 7.08. The van der Waals surface area contributed by atoms with E-state index in [2.05, 4.69) is 31.0 Å². The first kappa shape index (κ1) is 24.7. The minimum atomic E-state index is -1.49. The lowest BCUT2D eigenvalue weighted by molar-refractivity contribution is 0.0252. The summed E-state index contributed by atoms with van der Waals surface area (Å²) in [5, 5.41) is 23.4. The number of aromatic nitrogens is 4. The van der Waals surface area contributed by atoms with E-state index in [0.29, 0.717) is 28.0 Å². The fraction of sp³-hybridized carbons (Fsp3) is 0.455. The molecule has 4 N–H and O–H groups in total. The third-order valence-corrected chi connectivity index (χ3v) is 5.47. The number of pyridine rings is 1. The number of fused-ring (bicyclic) bond motifs is 1. The molecule has 0 aliphatic rings. The van der Waals surface area contributed by atoms with E-state index in [1.54, 1.807) is 36.7 Å². The van der Waals surface area contributed by atoms with Gasteiger partial charge >= 0.3 is 0 Å². The fourth-order valence-electron chi connectivity index (χ4n) is 2.79. The number of rotatable bonds is 9. The SMILES string of the molecule is C[C@H](CNC(=O)c1cnc(Nc2ccn3ncc(Cl)c3n2)cc1NCC(C)(C)F)C(C)(C)O. The van der Waals surface area contributed by atoms with Gasteiger partial charge in [-0.2, -0.15) is 5.10 Å². The molecule has 3 rings (SSSR count). The number of hydrogen-bond donors (Lipinski definition) is 4. The maximum Gasteiger partial charge on any atom is 0.254 e. The first-order valence-electron chi connectivity index (χ1n) is 10.5. The molecule has 178 valence electrons. The normalized spacial score (nSPS) is 13.1. The van der Waals surface area contributed by atoms with E-state index >= 15 is 0 Å². The van der Waals surface area contributed by atoms with E-state index in [9.17, 15) is 14.3 Å². The summed E-state index contributed by atoms with van der Waals surface area (Å²) >= 11 is 6.10. The monoisotopic (exact) mass is 477 g/mol. The molecule has 0 bridgehead atoms. The number of aliphatic hydroxyl groups is 1. The molecule has 11 heteroatoms. The summed E-state index contributed by atoms with van der Waals surface area (Å²) in [7, 11) is 0. The number of anilines is 3. The minimum Gasteiger partial charge on any atom is -0.390 e. The van der Waals surface area contributed by atoms with Gasteiger partial charge < -0.3 is 21.1 Å². The van der Waals surface area contributed by atoms with Gasteiger partial charge in [0.1, 0.15) is 22.3 Å². The predicted octanol–water partition coefficient (Wildman–Crippen LogP) is 3.82. The van der Waals surface area contributed by atoms with Crippen molar-refractivity contribution in [3.8, 4) is 0 Å². The van der Waals surface area contributed by atoms with Crippen LogP contribution in [0.15, 0.2) is 30.7 Å². The molecule has 0 aromatic carbocycles. The van der Waals surface area contributed by atoms with Crippen LogP contribution in [0.3, 0.4) is 0 Å². The van der Waals surface area contributed by atoms with Gasteiger partial charge in [-0.1, -0.05) is 18.5 Å². The molecule has 0 saturated carbocycles. The van der Waals surface area contributed by atoms with Crippen LogP contribution >= 0.6 is 11.6 Å². The van der Waals surface area contributed by atoms with Crippen molar-refractivity contribution in [1.29, 1.82) is 0 Å². The van der Waals surface area contributed by atoms with Crippen molar-refractivity contribution in [1.82, 2.24) is 24.9 Å². The van der Waals surface area contributed by atoms with Crippen LogP contribution in [0.2, 0.25) is 5.02 Å². The van der Waals surface area contributed by atoms with Crippen molar-refractivity contribution < 1.29 is 14.3 Å². The smallest absolute Gasteiger partial charge is 0.254 e. The molecule has 0 spiro atoms. The molecule has 0 fully saturated rings. The lowest BCUT2D eigenvalue weighted by atomic mass is 9.93. The van der Waals surface area contributed by atoms with Crippen molar-refractivity contribution in [2.45, 2.75) is 45.9 Å². The average molecular weight is 478 g/mol.